The molecule has 1 amide bonds. The second-order valence-electron chi connectivity index (χ2n) is 4.26. The largest absolute Gasteiger partial charge is 0.507 e. The number of carbonyl (C=O) groups is 1. The number of carbonyl (C=O) groups excluding carboxylic acids is 1. The van der Waals surface area contributed by atoms with Crippen LogP contribution >= 0.6 is 0 Å². The number of phenols is 1. The van der Waals surface area contributed by atoms with Gasteiger partial charge in [0.25, 0.3) is 5.69 Å². The highest BCUT2D eigenvalue weighted by atomic mass is 16.6. The maximum atomic E-state index is 11.1. The van der Waals surface area contributed by atoms with Gasteiger partial charge in [0, 0.05) is 17.7 Å². The summed E-state index contributed by atoms with van der Waals surface area (Å²) in [5.41, 5.74) is 6.76. The molecule has 20 heavy (non-hydrogen) atoms. The lowest BCUT2D eigenvalue weighted by molar-refractivity contribution is -0.384. The van der Waals surface area contributed by atoms with Crippen molar-refractivity contribution in [1.82, 2.24) is 0 Å². The van der Waals surface area contributed by atoms with Crippen molar-refractivity contribution in [1.29, 1.82) is 0 Å². The van der Waals surface area contributed by atoms with Crippen LogP contribution in [0.25, 0.3) is 11.1 Å². The van der Waals surface area contributed by atoms with Crippen molar-refractivity contribution in [2.75, 3.05) is 0 Å². The molecule has 0 aliphatic rings. The van der Waals surface area contributed by atoms with Crippen LogP contribution in [-0.4, -0.2) is 15.9 Å². The number of rotatable bonds is 4. The van der Waals surface area contributed by atoms with Crippen LogP contribution in [0.4, 0.5) is 5.69 Å². The van der Waals surface area contributed by atoms with Gasteiger partial charge in [0.15, 0.2) is 0 Å². The lowest BCUT2D eigenvalue weighted by atomic mass is 9.96. The SMILES string of the molecule is NC(=O)Cc1cccc(O)c1-c1ccc([N+](=O)[O-])cc1. The monoisotopic (exact) mass is 272 g/mol. The van der Waals surface area contributed by atoms with Gasteiger partial charge in [-0.1, -0.05) is 12.1 Å². The third kappa shape index (κ3) is 2.74. The van der Waals surface area contributed by atoms with Crippen molar-refractivity contribution in [2.24, 2.45) is 5.73 Å². The summed E-state index contributed by atoms with van der Waals surface area (Å²) in [6.45, 7) is 0. The Morgan fingerprint density at radius 3 is 2.40 bits per heavy atom. The van der Waals surface area contributed by atoms with Gasteiger partial charge in [-0.3, -0.25) is 14.9 Å². The first-order chi connectivity index (χ1) is 9.49. The Labute approximate surface area is 114 Å². The molecule has 2 aromatic rings. The van der Waals surface area contributed by atoms with Crippen LogP contribution in [0.15, 0.2) is 42.5 Å². The van der Waals surface area contributed by atoms with E-state index < -0.39 is 10.8 Å². The van der Waals surface area contributed by atoms with Crippen LogP contribution in [0.2, 0.25) is 0 Å². The highest BCUT2D eigenvalue weighted by Gasteiger charge is 2.13. The fourth-order valence-electron chi connectivity index (χ4n) is 2.00. The minimum atomic E-state index is -0.515. The lowest BCUT2D eigenvalue weighted by Gasteiger charge is -2.10. The van der Waals surface area contributed by atoms with Gasteiger partial charge < -0.3 is 10.8 Å². The number of amides is 1. The van der Waals surface area contributed by atoms with Gasteiger partial charge in [-0.05, 0) is 29.3 Å². The Hall–Kier alpha value is -2.89. The number of phenolic OH excluding ortho intramolecular Hbond substituents is 1. The number of hydrogen-bond donors (Lipinski definition) is 2. The van der Waals surface area contributed by atoms with Gasteiger partial charge >= 0.3 is 0 Å². The summed E-state index contributed by atoms with van der Waals surface area (Å²) < 4.78 is 0. The van der Waals surface area contributed by atoms with Crippen LogP contribution in [0.5, 0.6) is 5.75 Å². The minimum Gasteiger partial charge on any atom is -0.507 e. The van der Waals surface area contributed by atoms with Crippen LogP contribution < -0.4 is 5.73 Å². The molecule has 3 N–H and O–H groups in total. The van der Waals surface area contributed by atoms with Gasteiger partial charge in [-0.2, -0.15) is 0 Å². The normalized spacial score (nSPS) is 10.2. The van der Waals surface area contributed by atoms with Crippen molar-refractivity contribution in [3.8, 4) is 16.9 Å². The van der Waals surface area contributed by atoms with E-state index in [2.05, 4.69) is 0 Å². The molecule has 2 rings (SSSR count). The Morgan fingerprint density at radius 2 is 1.85 bits per heavy atom. The molecule has 0 bridgehead atoms. The summed E-state index contributed by atoms with van der Waals surface area (Å²) in [4.78, 5) is 21.2. The van der Waals surface area contributed by atoms with Crippen molar-refractivity contribution in [2.45, 2.75) is 6.42 Å². The minimum absolute atomic E-state index is 0.00222. The van der Waals surface area contributed by atoms with Crippen molar-refractivity contribution in [3.63, 3.8) is 0 Å². The fourth-order valence-corrected chi connectivity index (χ4v) is 2.00. The first kappa shape index (κ1) is 13.5. The zero-order valence-electron chi connectivity index (χ0n) is 10.4. The molecule has 0 aliphatic carbocycles. The molecule has 0 fully saturated rings. The zero-order chi connectivity index (χ0) is 14.7. The Kier molecular flexibility index (Phi) is 3.65. The summed E-state index contributed by atoms with van der Waals surface area (Å²) in [6.07, 6.45) is -0.0132. The summed E-state index contributed by atoms with van der Waals surface area (Å²) in [6, 6.07) is 10.5. The summed E-state index contributed by atoms with van der Waals surface area (Å²) >= 11 is 0. The quantitative estimate of drug-likeness (QED) is 0.655. The van der Waals surface area contributed by atoms with Gasteiger partial charge in [0.2, 0.25) is 5.91 Å². The van der Waals surface area contributed by atoms with E-state index in [9.17, 15) is 20.0 Å². The molecule has 2 aromatic carbocycles. The van der Waals surface area contributed by atoms with E-state index in [4.69, 9.17) is 5.73 Å². The van der Waals surface area contributed by atoms with Gasteiger partial charge in [-0.25, -0.2) is 0 Å². The fraction of sp³-hybridized carbons (Fsp3) is 0.0714. The number of benzene rings is 2. The summed E-state index contributed by atoms with van der Waals surface area (Å²) in [5.74, 6) is -0.517. The average molecular weight is 272 g/mol. The first-order valence-electron chi connectivity index (χ1n) is 5.83. The van der Waals surface area contributed by atoms with Gasteiger partial charge in [0.05, 0.1) is 11.3 Å². The van der Waals surface area contributed by atoms with Gasteiger partial charge in [-0.15, -0.1) is 0 Å². The zero-order valence-corrected chi connectivity index (χ0v) is 10.4. The number of primary amides is 1. The molecule has 0 saturated heterocycles. The number of nitro benzene ring substituents is 1. The number of hydrogen-bond acceptors (Lipinski definition) is 4. The lowest BCUT2D eigenvalue weighted by Crippen LogP contribution is -2.14. The van der Waals surface area contributed by atoms with Crippen molar-refractivity contribution >= 4 is 11.6 Å². The molecular formula is C14H12N2O4. The smallest absolute Gasteiger partial charge is 0.269 e. The molecule has 6 nitrogen and oxygen atoms in total. The van der Waals surface area contributed by atoms with Crippen LogP contribution in [0.3, 0.4) is 0 Å². The molecule has 0 saturated carbocycles. The molecule has 6 heteroatoms. The highest BCUT2D eigenvalue weighted by Crippen LogP contribution is 2.33. The van der Waals surface area contributed by atoms with E-state index in [0.29, 0.717) is 16.7 Å². The number of nitrogens with zero attached hydrogens (tertiary/aromatic N) is 1. The van der Waals surface area contributed by atoms with E-state index in [1.807, 2.05) is 0 Å². The molecule has 0 aromatic heterocycles. The predicted octanol–water partition coefficient (Wildman–Crippen LogP) is 2.00. The molecule has 102 valence electrons. The maximum Gasteiger partial charge on any atom is 0.269 e. The number of nitro groups is 1. The average Bonchev–Trinajstić information content (AvgIpc) is 2.38. The molecule has 0 atom stereocenters. The molecule has 0 aliphatic heterocycles. The third-order valence-corrected chi connectivity index (χ3v) is 2.86. The van der Waals surface area contributed by atoms with E-state index in [-0.39, 0.29) is 17.9 Å². The molecule has 0 radical (unpaired) electrons. The van der Waals surface area contributed by atoms with Crippen molar-refractivity contribution in [3.05, 3.63) is 58.1 Å². The van der Waals surface area contributed by atoms with Crippen LogP contribution in [0, 0.1) is 10.1 Å². The molecule has 0 heterocycles. The van der Waals surface area contributed by atoms with Crippen LogP contribution in [0.1, 0.15) is 5.56 Å². The second kappa shape index (κ2) is 5.40. The Morgan fingerprint density at radius 1 is 1.20 bits per heavy atom. The van der Waals surface area contributed by atoms with Crippen molar-refractivity contribution < 1.29 is 14.8 Å². The maximum absolute atomic E-state index is 11.1. The molecule has 0 unspecified atom stereocenters. The Bertz CT molecular complexity index is 665. The first-order valence-corrected chi connectivity index (χ1v) is 5.83. The second-order valence-corrected chi connectivity index (χ2v) is 4.26. The summed E-state index contributed by atoms with van der Waals surface area (Å²) in [5, 5.41) is 20.6. The van der Waals surface area contributed by atoms with E-state index >= 15 is 0 Å². The van der Waals surface area contributed by atoms with Gasteiger partial charge in [0.1, 0.15) is 5.75 Å². The Balaban J connectivity index is 2.50. The van der Waals surface area contributed by atoms with E-state index in [1.165, 1.54) is 30.3 Å². The highest BCUT2D eigenvalue weighted by molar-refractivity contribution is 5.82. The molecular weight excluding hydrogens is 260 g/mol. The standard InChI is InChI=1S/C14H12N2O4/c15-13(18)8-10-2-1-3-12(17)14(10)9-4-6-11(7-5-9)16(19)20/h1-7,17H,8H2,(H2,15,18). The number of non-ortho nitro benzene ring substituents is 1. The number of aromatic hydroxyl groups is 1. The topological polar surface area (TPSA) is 106 Å². The van der Waals surface area contributed by atoms with E-state index in [0.717, 1.165) is 0 Å². The molecule has 0 spiro atoms. The van der Waals surface area contributed by atoms with E-state index in [1.54, 1.807) is 12.1 Å². The third-order valence-electron chi connectivity index (χ3n) is 2.86. The number of nitrogens with two attached hydrogens (primary N) is 1. The van der Waals surface area contributed by atoms with Crippen LogP contribution in [-0.2, 0) is 11.2 Å². The summed E-state index contributed by atoms with van der Waals surface area (Å²) in [7, 11) is 0. The predicted molar refractivity (Wildman–Crippen MR) is 73.1 cm³/mol.